The Morgan fingerprint density at radius 1 is 1.55 bits per heavy atom. The molecule has 1 saturated carbocycles. The molecule has 2 aromatic heterocycles. The summed E-state index contributed by atoms with van der Waals surface area (Å²) in [6.07, 6.45) is 6.59. The van der Waals surface area contributed by atoms with Crippen LogP contribution in [-0.2, 0) is 6.42 Å². The first kappa shape index (κ1) is 14.6. The largest absolute Gasteiger partial charge is 0.469 e. The lowest BCUT2D eigenvalue weighted by molar-refractivity contribution is 0.0936. The highest BCUT2D eigenvalue weighted by atomic mass is 16.3. The molecule has 2 aromatic rings. The van der Waals surface area contributed by atoms with E-state index >= 15 is 0 Å². The van der Waals surface area contributed by atoms with Gasteiger partial charge in [-0.15, -0.1) is 0 Å². The van der Waals surface area contributed by atoms with Crippen LogP contribution in [0.25, 0.3) is 0 Å². The summed E-state index contributed by atoms with van der Waals surface area (Å²) in [5.41, 5.74) is -0.304. The maximum Gasteiger partial charge on any atom is 0.263 e. The Balaban J connectivity index is 1.57. The molecule has 1 unspecified atom stereocenters. The number of furan rings is 1. The number of amides is 1. The third-order valence-electron chi connectivity index (χ3n) is 3.81. The molecule has 0 bridgehead atoms. The van der Waals surface area contributed by atoms with Gasteiger partial charge in [0.1, 0.15) is 17.1 Å². The number of aromatic amines is 1. The minimum atomic E-state index is -0.386. The van der Waals surface area contributed by atoms with Gasteiger partial charge in [0, 0.05) is 24.6 Å². The molecule has 22 heavy (non-hydrogen) atoms. The van der Waals surface area contributed by atoms with Crippen LogP contribution in [0.3, 0.4) is 0 Å². The van der Waals surface area contributed by atoms with Gasteiger partial charge < -0.3 is 14.7 Å². The maximum atomic E-state index is 12.1. The van der Waals surface area contributed by atoms with Gasteiger partial charge in [-0.25, -0.2) is 4.98 Å². The monoisotopic (exact) mass is 301 g/mol. The molecule has 116 valence electrons. The van der Waals surface area contributed by atoms with Crippen molar-refractivity contribution in [2.75, 3.05) is 0 Å². The minimum absolute atomic E-state index is 0.0555. The van der Waals surface area contributed by atoms with Crippen LogP contribution in [-0.4, -0.2) is 21.9 Å². The molecule has 1 aliphatic rings. The van der Waals surface area contributed by atoms with E-state index in [9.17, 15) is 9.59 Å². The first-order valence-electron chi connectivity index (χ1n) is 7.56. The van der Waals surface area contributed by atoms with Crippen LogP contribution in [0, 0.1) is 0 Å². The van der Waals surface area contributed by atoms with Crippen LogP contribution in [0.4, 0.5) is 0 Å². The molecule has 3 rings (SSSR count). The molecule has 1 aliphatic carbocycles. The maximum absolute atomic E-state index is 12.1. The number of H-pyrrole nitrogens is 1. The van der Waals surface area contributed by atoms with E-state index in [0.717, 1.165) is 31.4 Å². The van der Waals surface area contributed by atoms with Crippen molar-refractivity contribution in [3.63, 3.8) is 0 Å². The summed E-state index contributed by atoms with van der Waals surface area (Å²) < 4.78 is 5.26. The van der Waals surface area contributed by atoms with Crippen molar-refractivity contribution in [2.45, 2.75) is 44.6 Å². The average molecular weight is 301 g/mol. The van der Waals surface area contributed by atoms with Crippen molar-refractivity contribution in [1.29, 1.82) is 0 Å². The quantitative estimate of drug-likeness (QED) is 0.854. The number of nitrogens with one attached hydrogen (secondary N) is 2. The van der Waals surface area contributed by atoms with E-state index in [0.29, 0.717) is 11.7 Å². The Kier molecular flexibility index (Phi) is 4.09. The predicted molar refractivity (Wildman–Crippen MR) is 80.8 cm³/mol. The van der Waals surface area contributed by atoms with Gasteiger partial charge in [-0.1, -0.05) is 0 Å². The molecule has 0 saturated heterocycles. The molecule has 2 heterocycles. The third-order valence-corrected chi connectivity index (χ3v) is 3.81. The molecule has 1 fully saturated rings. The van der Waals surface area contributed by atoms with Crippen molar-refractivity contribution in [1.82, 2.24) is 15.3 Å². The van der Waals surface area contributed by atoms with Gasteiger partial charge in [-0.05, 0) is 38.3 Å². The van der Waals surface area contributed by atoms with Gasteiger partial charge in [0.05, 0.1) is 6.26 Å². The topological polar surface area (TPSA) is 88.0 Å². The fourth-order valence-electron chi connectivity index (χ4n) is 2.32. The van der Waals surface area contributed by atoms with E-state index in [-0.39, 0.29) is 23.1 Å². The summed E-state index contributed by atoms with van der Waals surface area (Å²) in [5, 5.41) is 2.82. The van der Waals surface area contributed by atoms with Crippen LogP contribution in [0.15, 0.2) is 33.8 Å². The van der Waals surface area contributed by atoms with Crippen LogP contribution in [0.2, 0.25) is 0 Å². The molecule has 0 radical (unpaired) electrons. The van der Waals surface area contributed by atoms with Gasteiger partial charge in [0.25, 0.3) is 11.5 Å². The standard InChI is InChI=1S/C16H19N3O3/c1-10(4-7-12-3-2-8-22-12)18-15(20)13-9-17-14(11-5-6-11)19-16(13)21/h2-3,8-11H,4-7H2,1H3,(H,18,20)(H,17,19,21). The number of carbonyl (C=O) groups excluding carboxylic acids is 1. The van der Waals surface area contributed by atoms with Crippen molar-refractivity contribution >= 4 is 5.91 Å². The van der Waals surface area contributed by atoms with Gasteiger partial charge in [-0.2, -0.15) is 0 Å². The van der Waals surface area contributed by atoms with Crippen molar-refractivity contribution in [3.8, 4) is 0 Å². The second-order valence-corrected chi connectivity index (χ2v) is 5.78. The van der Waals surface area contributed by atoms with Gasteiger partial charge >= 0.3 is 0 Å². The lowest BCUT2D eigenvalue weighted by Gasteiger charge is -2.12. The van der Waals surface area contributed by atoms with Crippen LogP contribution in [0.5, 0.6) is 0 Å². The lowest BCUT2D eigenvalue weighted by Crippen LogP contribution is -2.36. The lowest BCUT2D eigenvalue weighted by atomic mass is 10.1. The molecule has 0 spiro atoms. The number of nitrogens with zero attached hydrogens (tertiary/aromatic N) is 1. The summed E-state index contributed by atoms with van der Waals surface area (Å²) in [6, 6.07) is 3.69. The highest BCUT2D eigenvalue weighted by Crippen LogP contribution is 2.37. The average Bonchev–Trinajstić information content (AvgIpc) is 3.21. The molecule has 6 heteroatoms. The molecule has 1 atom stereocenters. The van der Waals surface area contributed by atoms with Crippen LogP contribution in [0.1, 0.15) is 54.0 Å². The van der Waals surface area contributed by atoms with Gasteiger partial charge in [0.2, 0.25) is 0 Å². The Morgan fingerprint density at radius 3 is 3.00 bits per heavy atom. The number of carbonyl (C=O) groups is 1. The summed E-state index contributed by atoms with van der Waals surface area (Å²) in [5.74, 6) is 1.54. The molecular weight excluding hydrogens is 282 g/mol. The van der Waals surface area contributed by atoms with E-state index in [1.54, 1.807) is 6.26 Å². The molecule has 6 nitrogen and oxygen atoms in total. The summed E-state index contributed by atoms with van der Waals surface area (Å²) >= 11 is 0. The highest BCUT2D eigenvalue weighted by Gasteiger charge is 2.26. The zero-order chi connectivity index (χ0) is 15.5. The SMILES string of the molecule is CC(CCc1ccco1)NC(=O)c1cnc(C2CC2)[nH]c1=O. The fourth-order valence-corrected chi connectivity index (χ4v) is 2.32. The van der Waals surface area contributed by atoms with E-state index < -0.39 is 0 Å². The molecular formula is C16H19N3O3. The summed E-state index contributed by atoms with van der Waals surface area (Å²) in [7, 11) is 0. The normalized spacial score (nSPS) is 15.5. The molecule has 0 aliphatic heterocycles. The van der Waals surface area contributed by atoms with Gasteiger partial charge in [0.15, 0.2) is 0 Å². The number of hydrogen-bond acceptors (Lipinski definition) is 4. The Hall–Kier alpha value is -2.37. The Morgan fingerprint density at radius 2 is 2.36 bits per heavy atom. The zero-order valence-electron chi connectivity index (χ0n) is 12.5. The molecule has 0 aromatic carbocycles. The number of aromatic nitrogens is 2. The number of aryl methyl sites for hydroxylation is 1. The van der Waals surface area contributed by atoms with E-state index in [2.05, 4.69) is 15.3 Å². The Labute approximate surface area is 128 Å². The zero-order valence-corrected chi connectivity index (χ0v) is 12.5. The van der Waals surface area contributed by atoms with Gasteiger partial charge in [-0.3, -0.25) is 9.59 Å². The molecule has 2 N–H and O–H groups in total. The second kappa shape index (κ2) is 6.17. The van der Waals surface area contributed by atoms with E-state index in [1.807, 2.05) is 19.1 Å². The first-order valence-corrected chi connectivity index (χ1v) is 7.56. The Bertz CT molecular complexity index is 702. The van der Waals surface area contributed by atoms with Crippen molar-refractivity contribution in [3.05, 3.63) is 52.1 Å². The third kappa shape index (κ3) is 3.44. The van der Waals surface area contributed by atoms with Crippen LogP contribution < -0.4 is 10.9 Å². The summed E-state index contributed by atoms with van der Waals surface area (Å²) in [6.45, 7) is 1.90. The number of hydrogen-bond donors (Lipinski definition) is 2. The van der Waals surface area contributed by atoms with E-state index in [1.165, 1.54) is 6.20 Å². The summed E-state index contributed by atoms with van der Waals surface area (Å²) in [4.78, 5) is 31.0. The first-order chi connectivity index (χ1) is 10.6. The number of rotatable bonds is 6. The second-order valence-electron chi connectivity index (χ2n) is 5.78. The van der Waals surface area contributed by atoms with Crippen LogP contribution >= 0.6 is 0 Å². The highest BCUT2D eigenvalue weighted by molar-refractivity contribution is 5.93. The molecule has 1 amide bonds. The van der Waals surface area contributed by atoms with Crippen molar-refractivity contribution in [2.24, 2.45) is 0 Å². The fraction of sp³-hybridized carbons (Fsp3) is 0.438. The minimum Gasteiger partial charge on any atom is -0.469 e. The van der Waals surface area contributed by atoms with E-state index in [4.69, 9.17) is 4.42 Å². The predicted octanol–water partition coefficient (Wildman–Crippen LogP) is 1.99. The van der Waals surface area contributed by atoms with Crippen molar-refractivity contribution < 1.29 is 9.21 Å². The smallest absolute Gasteiger partial charge is 0.263 e.